The number of amides is 1. The van der Waals surface area contributed by atoms with Gasteiger partial charge in [0, 0.05) is 6.07 Å². The molecule has 5 nitrogen and oxygen atoms in total. The summed E-state index contributed by atoms with van der Waals surface area (Å²) in [6.45, 7) is 0. The highest BCUT2D eigenvalue weighted by Crippen LogP contribution is 2.18. The Labute approximate surface area is 89.5 Å². The van der Waals surface area contributed by atoms with Gasteiger partial charge in [-0.25, -0.2) is 4.39 Å². The highest BCUT2D eigenvalue weighted by molar-refractivity contribution is 6.05. The van der Waals surface area contributed by atoms with Crippen LogP contribution in [-0.2, 0) is 0 Å². The molecule has 2 N–H and O–H groups in total. The molecule has 0 radical (unpaired) electrons. The summed E-state index contributed by atoms with van der Waals surface area (Å²) in [5, 5.41) is 15.1. The van der Waals surface area contributed by atoms with E-state index in [0.29, 0.717) is 0 Å². The monoisotopic (exact) mass is 222 g/mol. The molecule has 6 heteroatoms. The number of phenolic OH excluding ortho intramolecular Hbond substituents is 1. The second-order valence-electron chi connectivity index (χ2n) is 3.00. The number of nitrogens with zero attached hydrogens (tertiary/aromatic N) is 1. The van der Waals surface area contributed by atoms with Crippen molar-refractivity contribution in [1.29, 1.82) is 0 Å². The van der Waals surface area contributed by atoms with Crippen molar-refractivity contribution in [3.63, 3.8) is 0 Å². The Bertz CT molecular complexity index is 511. The predicted octanol–water partition coefficient (Wildman–Crippen LogP) is 1.77. The maximum absolute atomic E-state index is 12.9. The topological polar surface area (TPSA) is 75.4 Å². The van der Waals surface area contributed by atoms with E-state index in [4.69, 9.17) is 0 Å². The van der Waals surface area contributed by atoms with Gasteiger partial charge in [0.1, 0.15) is 17.8 Å². The van der Waals surface area contributed by atoms with Crippen molar-refractivity contribution < 1.29 is 18.8 Å². The van der Waals surface area contributed by atoms with Crippen LogP contribution in [0.1, 0.15) is 10.4 Å². The lowest BCUT2D eigenvalue weighted by molar-refractivity contribution is 0.102. The molecule has 0 fully saturated rings. The first kappa shape index (κ1) is 10.2. The van der Waals surface area contributed by atoms with E-state index >= 15 is 0 Å². The molecule has 2 aromatic rings. The van der Waals surface area contributed by atoms with Gasteiger partial charge in [-0.1, -0.05) is 5.16 Å². The van der Waals surface area contributed by atoms with Crippen molar-refractivity contribution in [2.24, 2.45) is 0 Å². The number of carbonyl (C=O) groups is 1. The molecule has 0 aliphatic rings. The molecular formula is C10H7FN2O3. The number of nitrogens with one attached hydrogen (secondary N) is 1. The second kappa shape index (κ2) is 4.01. The largest absolute Gasteiger partial charge is 0.507 e. The minimum absolute atomic E-state index is 0.164. The average molecular weight is 222 g/mol. The lowest BCUT2D eigenvalue weighted by Crippen LogP contribution is -2.12. The Morgan fingerprint density at radius 3 is 2.94 bits per heavy atom. The lowest BCUT2D eigenvalue weighted by Gasteiger charge is -2.03. The zero-order valence-corrected chi connectivity index (χ0v) is 7.98. The average Bonchev–Trinajstić information content (AvgIpc) is 2.74. The fourth-order valence-electron chi connectivity index (χ4n) is 1.15. The smallest absolute Gasteiger partial charge is 0.260 e. The fraction of sp³-hybridized carbons (Fsp3) is 0. The van der Waals surface area contributed by atoms with Gasteiger partial charge in [-0.3, -0.25) is 4.79 Å². The van der Waals surface area contributed by atoms with Crippen molar-refractivity contribution in [1.82, 2.24) is 5.16 Å². The van der Waals surface area contributed by atoms with Gasteiger partial charge in [-0.15, -0.1) is 0 Å². The maximum Gasteiger partial charge on any atom is 0.260 e. The van der Waals surface area contributed by atoms with Crippen LogP contribution in [0.25, 0.3) is 0 Å². The van der Waals surface area contributed by atoms with Crippen LogP contribution in [0.4, 0.5) is 10.2 Å². The van der Waals surface area contributed by atoms with Crippen molar-refractivity contribution >= 4 is 11.7 Å². The summed E-state index contributed by atoms with van der Waals surface area (Å²) in [5.41, 5.74) is -0.164. The Balaban J connectivity index is 2.24. The first-order chi connectivity index (χ1) is 7.66. The van der Waals surface area contributed by atoms with E-state index in [2.05, 4.69) is 15.0 Å². The van der Waals surface area contributed by atoms with E-state index in [-0.39, 0.29) is 17.1 Å². The van der Waals surface area contributed by atoms with Gasteiger partial charge in [-0.2, -0.15) is 0 Å². The number of aromatic hydroxyl groups is 1. The Morgan fingerprint density at radius 2 is 2.25 bits per heavy atom. The van der Waals surface area contributed by atoms with Gasteiger partial charge in [0.25, 0.3) is 5.91 Å². The van der Waals surface area contributed by atoms with Gasteiger partial charge in [-0.05, 0) is 18.2 Å². The van der Waals surface area contributed by atoms with E-state index in [1.54, 1.807) is 0 Å². The van der Waals surface area contributed by atoms with Crippen molar-refractivity contribution in [3.05, 3.63) is 41.9 Å². The van der Waals surface area contributed by atoms with Crippen molar-refractivity contribution in [3.8, 4) is 5.75 Å². The number of aromatic nitrogens is 1. The Kier molecular flexibility index (Phi) is 2.55. The Morgan fingerprint density at radius 1 is 1.44 bits per heavy atom. The molecule has 1 aromatic heterocycles. The zero-order chi connectivity index (χ0) is 11.5. The van der Waals surface area contributed by atoms with E-state index in [1.807, 2.05) is 0 Å². The van der Waals surface area contributed by atoms with Crippen LogP contribution in [0, 0.1) is 5.82 Å². The van der Waals surface area contributed by atoms with Crippen LogP contribution >= 0.6 is 0 Å². The van der Waals surface area contributed by atoms with Gasteiger partial charge < -0.3 is 14.9 Å². The van der Waals surface area contributed by atoms with Gasteiger partial charge in [0.2, 0.25) is 0 Å². The SMILES string of the molecule is O=C(Nc1ccon1)c1cc(F)ccc1O. The number of phenols is 1. The molecule has 0 spiro atoms. The highest BCUT2D eigenvalue weighted by atomic mass is 19.1. The molecule has 0 atom stereocenters. The van der Waals surface area contributed by atoms with E-state index < -0.39 is 11.7 Å². The number of hydrogen-bond donors (Lipinski definition) is 2. The van der Waals surface area contributed by atoms with Crippen LogP contribution < -0.4 is 5.32 Å². The highest BCUT2D eigenvalue weighted by Gasteiger charge is 2.13. The fourth-order valence-corrected chi connectivity index (χ4v) is 1.15. The molecular weight excluding hydrogens is 215 g/mol. The molecule has 1 amide bonds. The summed E-state index contributed by atoms with van der Waals surface area (Å²) in [6, 6.07) is 4.52. The van der Waals surface area contributed by atoms with Gasteiger partial charge in [0.05, 0.1) is 5.56 Å². The molecule has 0 aliphatic heterocycles. The second-order valence-corrected chi connectivity index (χ2v) is 3.00. The minimum Gasteiger partial charge on any atom is -0.507 e. The van der Waals surface area contributed by atoms with Crippen LogP contribution in [0.3, 0.4) is 0 Å². The maximum atomic E-state index is 12.9. The third-order valence-corrected chi connectivity index (χ3v) is 1.88. The van der Waals surface area contributed by atoms with Crippen LogP contribution in [0.15, 0.2) is 35.1 Å². The van der Waals surface area contributed by atoms with E-state index in [1.165, 1.54) is 12.3 Å². The lowest BCUT2D eigenvalue weighted by atomic mass is 10.2. The molecule has 0 aliphatic carbocycles. The van der Waals surface area contributed by atoms with Crippen LogP contribution in [-0.4, -0.2) is 16.2 Å². The Hall–Kier alpha value is -2.37. The molecule has 82 valence electrons. The summed E-state index contributed by atoms with van der Waals surface area (Å²) in [6.07, 6.45) is 1.28. The molecule has 0 saturated carbocycles. The summed E-state index contributed by atoms with van der Waals surface area (Å²) < 4.78 is 17.4. The van der Waals surface area contributed by atoms with Crippen molar-refractivity contribution in [2.45, 2.75) is 0 Å². The minimum atomic E-state index is -0.661. The molecule has 16 heavy (non-hydrogen) atoms. The van der Waals surface area contributed by atoms with Gasteiger partial charge in [0.15, 0.2) is 5.82 Å². The number of benzene rings is 1. The molecule has 0 saturated heterocycles. The molecule has 2 rings (SSSR count). The number of carbonyl (C=O) groups excluding carboxylic acids is 1. The molecule has 0 bridgehead atoms. The zero-order valence-electron chi connectivity index (χ0n) is 7.98. The predicted molar refractivity (Wildman–Crippen MR) is 52.5 cm³/mol. The summed E-state index contributed by atoms with van der Waals surface area (Å²) in [5.74, 6) is -1.38. The number of anilines is 1. The first-order valence-corrected chi connectivity index (χ1v) is 4.37. The third kappa shape index (κ3) is 2.00. The number of hydrogen-bond acceptors (Lipinski definition) is 4. The quantitative estimate of drug-likeness (QED) is 0.811. The van der Waals surface area contributed by atoms with E-state index in [0.717, 1.165) is 18.2 Å². The van der Waals surface area contributed by atoms with Crippen molar-refractivity contribution in [2.75, 3.05) is 5.32 Å². The number of halogens is 1. The van der Waals surface area contributed by atoms with E-state index in [9.17, 15) is 14.3 Å². The van der Waals surface area contributed by atoms with Crippen LogP contribution in [0.2, 0.25) is 0 Å². The summed E-state index contributed by atoms with van der Waals surface area (Å²) in [4.78, 5) is 11.6. The standard InChI is InChI=1S/C10H7FN2O3/c11-6-1-2-8(14)7(5-6)10(15)12-9-3-4-16-13-9/h1-5,14H,(H,12,13,15). The normalized spacial score (nSPS) is 10.1. The number of rotatable bonds is 2. The third-order valence-electron chi connectivity index (χ3n) is 1.88. The molecule has 1 aromatic carbocycles. The van der Waals surface area contributed by atoms with Gasteiger partial charge >= 0.3 is 0 Å². The van der Waals surface area contributed by atoms with Crippen LogP contribution in [0.5, 0.6) is 5.75 Å². The summed E-state index contributed by atoms with van der Waals surface area (Å²) in [7, 11) is 0. The molecule has 0 unspecified atom stereocenters. The summed E-state index contributed by atoms with van der Waals surface area (Å²) >= 11 is 0. The molecule has 1 heterocycles. The first-order valence-electron chi connectivity index (χ1n) is 4.37.